The molecule has 0 spiro atoms. The second-order valence-corrected chi connectivity index (χ2v) is 3.27. The van der Waals surface area contributed by atoms with E-state index in [0.29, 0.717) is 0 Å². The van der Waals surface area contributed by atoms with Gasteiger partial charge in [-0.1, -0.05) is 0 Å². The lowest BCUT2D eigenvalue weighted by Crippen LogP contribution is -2.05. The van der Waals surface area contributed by atoms with Crippen molar-refractivity contribution in [3.05, 3.63) is 40.0 Å². The molecule has 0 aliphatic rings. The topological polar surface area (TPSA) is 61.1 Å². The van der Waals surface area contributed by atoms with Gasteiger partial charge in [-0.15, -0.1) is 0 Å². The van der Waals surface area contributed by atoms with Crippen LogP contribution in [0.4, 0.5) is 17.6 Å². The minimum Gasteiger partial charge on any atom is -0.477 e. The van der Waals surface area contributed by atoms with Crippen molar-refractivity contribution in [2.24, 2.45) is 0 Å². The fourth-order valence-corrected chi connectivity index (χ4v) is 1.17. The second kappa shape index (κ2) is 4.87. The average molecular weight is 259 g/mol. The van der Waals surface area contributed by atoms with Crippen LogP contribution in [0.5, 0.6) is 0 Å². The van der Waals surface area contributed by atoms with Crippen LogP contribution in [0, 0.1) is 41.5 Å². The van der Waals surface area contributed by atoms with Gasteiger partial charge in [-0.05, 0) is 13.0 Å². The zero-order chi connectivity index (χ0) is 14.0. The molecule has 0 saturated carbocycles. The van der Waals surface area contributed by atoms with Gasteiger partial charge in [0, 0.05) is 5.56 Å². The van der Waals surface area contributed by atoms with E-state index in [-0.39, 0.29) is 6.08 Å². The number of nitrogens with zero attached hydrogens (tertiary/aromatic N) is 1. The number of hydrogen-bond donors (Lipinski definition) is 1. The van der Waals surface area contributed by atoms with E-state index in [9.17, 15) is 22.4 Å². The van der Waals surface area contributed by atoms with Crippen LogP contribution in [0.3, 0.4) is 0 Å². The van der Waals surface area contributed by atoms with Gasteiger partial charge >= 0.3 is 5.97 Å². The number of carbonyl (C=O) groups is 1. The van der Waals surface area contributed by atoms with Crippen molar-refractivity contribution in [1.82, 2.24) is 0 Å². The normalized spacial score (nSPS) is 11.2. The zero-order valence-corrected chi connectivity index (χ0v) is 8.89. The monoisotopic (exact) mass is 259 g/mol. The standard InChI is InChI=1S/C11H5F4NO2/c1-4-7(12)9(14)6(10(15)8(4)13)2-5(3-16)11(17)18/h2H,1H3,(H,17,18)/b5-2+. The number of halogens is 4. The van der Waals surface area contributed by atoms with E-state index >= 15 is 0 Å². The molecule has 94 valence electrons. The summed E-state index contributed by atoms with van der Waals surface area (Å²) in [5.74, 6) is -8.54. The van der Waals surface area contributed by atoms with Gasteiger partial charge < -0.3 is 5.11 Å². The molecule has 0 aromatic heterocycles. The van der Waals surface area contributed by atoms with Gasteiger partial charge in [0.05, 0.1) is 5.56 Å². The molecular formula is C11H5F4NO2. The average Bonchev–Trinajstić information content (AvgIpc) is 2.34. The number of aliphatic carboxylic acids is 1. The lowest BCUT2D eigenvalue weighted by Gasteiger charge is -2.06. The largest absolute Gasteiger partial charge is 0.477 e. The van der Waals surface area contributed by atoms with Crippen LogP contribution in [0.1, 0.15) is 11.1 Å². The van der Waals surface area contributed by atoms with Crippen molar-refractivity contribution in [3.63, 3.8) is 0 Å². The molecule has 18 heavy (non-hydrogen) atoms. The Labute approximate surface area is 98.6 Å². The van der Waals surface area contributed by atoms with Gasteiger partial charge in [-0.2, -0.15) is 5.26 Å². The Morgan fingerprint density at radius 1 is 1.17 bits per heavy atom. The molecule has 1 N–H and O–H groups in total. The Morgan fingerprint density at radius 3 is 1.94 bits per heavy atom. The van der Waals surface area contributed by atoms with E-state index in [1.54, 1.807) is 0 Å². The van der Waals surface area contributed by atoms with Crippen LogP contribution >= 0.6 is 0 Å². The molecule has 0 radical (unpaired) electrons. The lowest BCUT2D eigenvalue weighted by molar-refractivity contribution is -0.132. The quantitative estimate of drug-likeness (QED) is 0.384. The minimum absolute atomic E-state index is 0.235. The highest BCUT2D eigenvalue weighted by Crippen LogP contribution is 2.25. The number of rotatable bonds is 2. The van der Waals surface area contributed by atoms with Gasteiger partial charge in [0.1, 0.15) is 11.6 Å². The first-order valence-electron chi connectivity index (χ1n) is 4.48. The molecule has 3 nitrogen and oxygen atoms in total. The Bertz CT molecular complexity index is 573. The maximum atomic E-state index is 13.3. The highest BCUT2D eigenvalue weighted by atomic mass is 19.2. The minimum atomic E-state index is -1.77. The van der Waals surface area contributed by atoms with Crippen molar-refractivity contribution in [3.8, 4) is 6.07 Å². The Balaban J connectivity index is 3.63. The molecule has 0 aliphatic heterocycles. The summed E-state index contributed by atoms with van der Waals surface area (Å²) in [6, 6.07) is 1.14. The first-order valence-corrected chi connectivity index (χ1v) is 4.48. The van der Waals surface area contributed by atoms with Crippen LogP contribution in [-0.4, -0.2) is 11.1 Å². The molecule has 0 aliphatic carbocycles. The third kappa shape index (κ3) is 2.18. The van der Waals surface area contributed by atoms with Gasteiger partial charge in [0.25, 0.3) is 0 Å². The summed E-state index contributed by atoms with van der Waals surface area (Å²) in [5.41, 5.74) is -3.15. The van der Waals surface area contributed by atoms with E-state index in [1.807, 2.05) is 0 Å². The van der Waals surface area contributed by atoms with Crippen molar-refractivity contribution in [2.45, 2.75) is 6.92 Å². The van der Waals surface area contributed by atoms with Crippen molar-refractivity contribution < 1.29 is 27.5 Å². The van der Waals surface area contributed by atoms with E-state index in [4.69, 9.17) is 10.4 Å². The molecule has 1 aromatic carbocycles. The molecule has 0 amide bonds. The number of hydrogen-bond acceptors (Lipinski definition) is 2. The summed E-state index contributed by atoms with van der Waals surface area (Å²) in [6.45, 7) is 0.826. The predicted octanol–water partition coefficient (Wildman–Crippen LogP) is 2.54. The second-order valence-electron chi connectivity index (χ2n) is 3.27. The number of benzene rings is 1. The van der Waals surface area contributed by atoms with Crippen LogP contribution in [0.15, 0.2) is 5.57 Å². The van der Waals surface area contributed by atoms with Gasteiger partial charge in [0.15, 0.2) is 23.3 Å². The first-order chi connectivity index (χ1) is 8.31. The number of carboxylic acid groups (broad SMARTS) is 1. The zero-order valence-electron chi connectivity index (χ0n) is 8.89. The van der Waals surface area contributed by atoms with Crippen molar-refractivity contribution >= 4 is 12.0 Å². The Hall–Kier alpha value is -2.36. The fraction of sp³-hybridized carbons (Fsp3) is 0.0909. The van der Waals surface area contributed by atoms with Gasteiger partial charge in [-0.25, -0.2) is 22.4 Å². The van der Waals surface area contributed by atoms with Gasteiger partial charge in [0.2, 0.25) is 0 Å². The molecule has 0 fully saturated rings. The Morgan fingerprint density at radius 2 is 1.61 bits per heavy atom. The van der Waals surface area contributed by atoms with Crippen LogP contribution in [0.25, 0.3) is 6.08 Å². The molecule has 1 aromatic rings. The fourth-order valence-electron chi connectivity index (χ4n) is 1.17. The maximum absolute atomic E-state index is 13.3. The van der Waals surface area contributed by atoms with Crippen LogP contribution in [-0.2, 0) is 4.79 Å². The molecule has 0 unspecified atom stereocenters. The third-order valence-corrected chi connectivity index (χ3v) is 2.16. The predicted molar refractivity (Wildman–Crippen MR) is 52.2 cm³/mol. The summed E-state index contributed by atoms with van der Waals surface area (Å²) in [5, 5.41) is 16.9. The molecular weight excluding hydrogens is 254 g/mol. The highest BCUT2D eigenvalue weighted by molar-refractivity contribution is 5.96. The van der Waals surface area contributed by atoms with E-state index in [1.165, 1.54) is 0 Å². The number of nitriles is 1. The summed E-state index contributed by atoms with van der Waals surface area (Å²) in [4.78, 5) is 10.5. The van der Waals surface area contributed by atoms with Gasteiger partial charge in [-0.3, -0.25) is 0 Å². The number of carboxylic acids is 1. The highest BCUT2D eigenvalue weighted by Gasteiger charge is 2.22. The van der Waals surface area contributed by atoms with E-state index in [0.717, 1.165) is 13.0 Å². The summed E-state index contributed by atoms with van der Waals surface area (Å²) < 4.78 is 53.0. The van der Waals surface area contributed by atoms with E-state index < -0.39 is 45.9 Å². The summed E-state index contributed by atoms with van der Waals surface area (Å²) in [7, 11) is 0. The van der Waals surface area contributed by atoms with E-state index in [2.05, 4.69) is 0 Å². The molecule has 1 rings (SSSR count). The third-order valence-electron chi connectivity index (χ3n) is 2.16. The molecule has 7 heteroatoms. The van der Waals surface area contributed by atoms with Crippen LogP contribution < -0.4 is 0 Å². The van der Waals surface area contributed by atoms with Crippen molar-refractivity contribution in [2.75, 3.05) is 0 Å². The molecule has 0 heterocycles. The molecule has 0 saturated heterocycles. The smallest absolute Gasteiger partial charge is 0.346 e. The van der Waals surface area contributed by atoms with Crippen LogP contribution in [0.2, 0.25) is 0 Å². The summed E-state index contributed by atoms with van der Waals surface area (Å²) in [6.07, 6.45) is 0.235. The van der Waals surface area contributed by atoms with Crippen molar-refractivity contribution in [1.29, 1.82) is 5.26 Å². The SMILES string of the molecule is Cc1c(F)c(F)c(/C=C(\C#N)C(=O)O)c(F)c1F. The molecule has 0 bridgehead atoms. The first kappa shape index (κ1) is 13.7. The molecule has 0 atom stereocenters. The maximum Gasteiger partial charge on any atom is 0.346 e. The Kier molecular flexibility index (Phi) is 3.71. The summed E-state index contributed by atoms with van der Waals surface area (Å²) >= 11 is 0. The lowest BCUT2D eigenvalue weighted by atomic mass is 10.1.